The second-order valence-electron chi connectivity index (χ2n) is 7.17. The molecule has 1 fully saturated rings. The minimum atomic E-state index is -3.63. The number of ether oxygens (including phenoxy) is 1. The minimum Gasteiger partial charge on any atom is -0.495 e. The van der Waals surface area contributed by atoms with Crippen molar-refractivity contribution < 1.29 is 17.9 Å². The van der Waals surface area contributed by atoms with Crippen molar-refractivity contribution in [2.75, 3.05) is 12.4 Å². The van der Waals surface area contributed by atoms with Crippen LogP contribution in [0, 0.1) is 0 Å². The molecular weight excluding hydrogens is 390 g/mol. The van der Waals surface area contributed by atoms with Crippen molar-refractivity contribution in [2.24, 2.45) is 0 Å². The number of rotatable bonds is 8. The van der Waals surface area contributed by atoms with Crippen molar-refractivity contribution in [1.29, 1.82) is 0 Å². The van der Waals surface area contributed by atoms with E-state index >= 15 is 0 Å². The number of hydrogen-bond acceptors (Lipinski definition) is 4. The molecule has 156 valence electrons. The Hall–Kier alpha value is -2.58. The second-order valence-corrected chi connectivity index (χ2v) is 8.89. The summed E-state index contributed by atoms with van der Waals surface area (Å²) in [4.78, 5) is 12.6. The van der Waals surface area contributed by atoms with Crippen LogP contribution in [-0.4, -0.2) is 27.6 Å². The Morgan fingerprint density at radius 3 is 2.45 bits per heavy atom. The van der Waals surface area contributed by atoms with Gasteiger partial charge in [0.1, 0.15) is 5.75 Å². The fourth-order valence-electron chi connectivity index (χ4n) is 2.92. The van der Waals surface area contributed by atoms with Gasteiger partial charge >= 0.3 is 6.03 Å². The highest BCUT2D eigenvalue weighted by Crippen LogP contribution is 2.29. The Morgan fingerprint density at radius 1 is 1.17 bits per heavy atom. The van der Waals surface area contributed by atoms with E-state index in [0.29, 0.717) is 5.75 Å². The Kier molecular flexibility index (Phi) is 6.44. The van der Waals surface area contributed by atoms with E-state index in [0.717, 1.165) is 24.8 Å². The van der Waals surface area contributed by atoms with Crippen LogP contribution in [-0.2, 0) is 16.4 Å². The fraction of sp³-hybridized carbons (Fsp3) is 0.381. The first-order chi connectivity index (χ1) is 13.8. The largest absolute Gasteiger partial charge is 0.495 e. The molecule has 1 saturated carbocycles. The molecule has 3 rings (SSSR count). The number of methoxy groups -OCH3 is 1. The van der Waals surface area contributed by atoms with Gasteiger partial charge in [-0.15, -0.1) is 0 Å². The van der Waals surface area contributed by atoms with Gasteiger partial charge in [0.2, 0.25) is 10.0 Å². The van der Waals surface area contributed by atoms with Crippen LogP contribution >= 0.6 is 0 Å². The molecule has 1 aliphatic rings. The molecule has 0 aromatic heterocycles. The van der Waals surface area contributed by atoms with Crippen LogP contribution in [0.25, 0.3) is 0 Å². The molecule has 2 aromatic rings. The second kappa shape index (κ2) is 8.84. The Morgan fingerprint density at radius 2 is 1.86 bits per heavy atom. The van der Waals surface area contributed by atoms with E-state index in [-0.39, 0.29) is 22.7 Å². The monoisotopic (exact) mass is 417 g/mol. The van der Waals surface area contributed by atoms with Crippen LogP contribution in [0.5, 0.6) is 5.75 Å². The number of aryl methyl sites for hydroxylation is 1. The maximum atomic E-state index is 12.5. The lowest BCUT2D eigenvalue weighted by atomic mass is 10.1. The molecule has 2 aromatic carbocycles. The van der Waals surface area contributed by atoms with E-state index in [1.165, 1.54) is 30.9 Å². The molecule has 29 heavy (non-hydrogen) atoms. The molecule has 0 unspecified atom stereocenters. The zero-order chi connectivity index (χ0) is 21.0. The molecule has 8 heteroatoms. The van der Waals surface area contributed by atoms with Crippen LogP contribution < -0.4 is 20.1 Å². The molecule has 1 atom stereocenters. The summed E-state index contributed by atoms with van der Waals surface area (Å²) in [6, 6.07) is 11.8. The van der Waals surface area contributed by atoms with Crippen molar-refractivity contribution in [3.8, 4) is 5.75 Å². The molecule has 1 aliphatic carbocycles. The number of carbonyl (C=O) groups excluding carboxylic acids is 1. The molecule has 0 heterocycles. The number of sulfonamides is 1. The normalized spacial score (nSPS) is 14.9. The fourth-order valence-corrected chi connectivity index (χ4v) is 4.25. The van der Waals surface area contributed by atoms with Gasteiger partial charge in [-0.25, -0.2) is 17.9 Å². The number of hydrogen-bond donors (Lipinski definition) is 3. The SMILES string of the molecule is CCc1ccc([C@@H](C)NC(=O)Nc2cc(S(=O)(=O)NC3CC3)ccc2OC)cc1. The zero-order valence-electron chi connectivity index (χ0n) is 16.9. The summed E-state index contributed by atoms with van der Waals surface area (Å²) in [5.74, 6) is 0.380. The quantitative estimate of drug-likeness (QED) is 0.612. The lowest BCUT2D eigenvalue weighted by Crippen LogP contribution is -2.31. The summed E-state index contributed by atoms with van der Waals surface area (Å²) in [5.41, 5.74) is 2.50. The van der Waals surface area contributed by atoms with Crippen molar-refractivity contribution in [3.63, 3.8) is 0 Å². The number of urea groups is 1. The van der Waals surface area contributed by atoms with Crippen molar-refractivity contribution in [2.45, 2.75) is 50.1 Å². The molecule has 3 N–H and O–H groups in total. The highest BCUT2D eigenvalue weighted by molar-refractivity contribution is 7.89. The van der Waals surface area contributed by atoms with Gasteiger partial charge in [-0.2, -0.15) is 0 Å². The molecule has 0 aliphatic heterocycles. The van der Waals surface area contributed by atoms with Crippen molar-refractivity contribution in [1.82, 2.24) is 10.0 Å². The molecule has 2 amide bonds. The van der Waals surface area contributed by atoms with Gasteiger partial charge in [0.15, 0.2) is 0 Å². The molecule has 0 radical (unpaired) electrons. The van der Waals surface area contributed by atoms with E-state index in [1.807, 2.05) is 31.2 Å². The number of amides is 2. The number of carbonyl (C=O) groups is 1. The van der Waals surface area contributed by atoms with Crippen LogP contribution in [0.15, 0.2) is 47.4 Å². The van der Waals surface area contributed by atoms with E-state index in [2.05, 4.69) is 22.3 Å². The van der Waals surface area contributed by atoms with E-state index in [4.69, 9.17) is 4.74 Å². The van der Waals surface area contributed by atoms with E-state index in [9.17, 15) is 13.2 Å². The molecule has 7 nitrogen and oxygen atoms in total. The lowest BCUT2D eigenvalue weighted by molar-refractivity contribution is 0.249. The Labute approximate surface area is 171 Å². The van der Waals surface area contributed by atoms with Crippen LogP contribution in [0.2, 0.25) is 0 Å². The summed E-state index contributed by atoms with van der Waals surface area (Å²) < 4.78 is 32.8. The van der Waals surface area contributed by atoms with Gasteiger partial charge in [0, 0.05) is 6.04 Å². The van der Waals surface area contributed by atoms with Gasteiger partial charge in [-0.3, -0.25) is 0 Å². The summed E-state index contributed by atoms with van der Waals surface area (Å²) >= 11 is 0. The number of nitrogens with one attached hydrogen (secondary N) is 3. The lowest BCUT2D eigenvalue weighted by Gasteiger charge is -2.17. The smallest absolute Gasteiger partial charge is 0.319 e. The van der Waals surface area contributed by atoms with Crippen LogP contribution in [0.1, 0.15) is 43.9 Å². The van der Waals surface area contributed by atoms with E-state index < -0.39 is 16.1 Å². The van der Waals surface area contributed by atoms with Crippen molar-refractivity contribution in [3.05, 3.63) is 53.6 Å². The summed E-state index contributed by atoms with van der Waals surface area (Å²) in [6.07, 6.45) is 2.65. The van der Waals surface area contributed by atoms with Gasteiger partial charge in [-0.05, 0) is 55.5 Å². The predicted octanol–water partition coefficient (Wildman–Crippen LogP) is 3.58. The van der Waals surface area contributed by atoms with Gasteiger partial charge in [-0.1, -0.05) is 31.2 Å². The van der Waals surface area contributed by atoms with Crippen molar-refractivity contribution >= 4 is 21.7 Å². The summed E-state index contributed by atoms with van der Waals surface area (Å²) in [6.45, 7) is 3.98. The molecule has 0 spiro atoms. The van der Waals surface area contributed by atoms with Crippen LogP contribution in [0.4, 0.5) is 10.5 Å². The highest BCUT2D eigenvalue weighted by atomic mass is 32.2. The first kappa shape index (κ1) is 21.1. The third-order valence-corrected chi connectivity index (χ3v) is 6.38. The minimum absolute atomic E-state index is 0.00163. The first-order valence-corrected chi connectivity index (χ1v) is 11.2. The predicted molar refractivity (Wildman–Crippen MR) is 113 cm³/mol. The summed E-state index contributed by atoms with van der Waals surface area (Å²) in [7, 11) is -2.17. The third-order valence-electron chi connectivity index (χ3n) is 4.86. The maximum absolute atomic E-state index is 12.5. The first-order valence-electron chi connectivity index (χ1n) is 9.69. The number of benzene rings is 2. The van der Waals surface area contributed by atoms with Gasteiger partial charge < -0.3 is 15.4 Å². The third kappa shape index (κ3) is 5.48. The molecule has 0 saturated heterocycles. The van der Waals surface area contributed by atoms with Crippen LogP contribution in [0.3, 0.4) is 0 Å². The average Bonchev–Trinajstić information content (AvgIpc) is 3.51. The summed E-state index contributed by atoms with van der Waals surface area (Å²) in [5, 5.41) is 5.56. The van der Waals surface area contributed by atoms with Gasteiger partial charge in [0.05, 0.1) is 23.7 Å². The topological polar surface area (TPSA) is 96.5 Å². The Bertz CT molecular complexity index is 970. The molecule has 0 bridgehead atoms. The maximum Gasteiger partial charge on any atom is 0.319 e. The van der Waals surface area contributed by atoms with Gasteiger partial charge in [0.25, 0.3) is 0 Å². The average molecular weight is 418 g/mol. The standard InChI is InChI=1S/C21H27N3O4S/c1-4-15-5-7-16(8-6-15)14(2)22-21(25)23-19-13-18(11-12-20(19)28-3)29(26,27)24-17-9-10-17/h5-8,11-14,17,24H,4,9-10H2,1-3H3,(H2,22,23,25)/t14-/m1/s1. The Balaban J connectivity index is 1.71. The van der Waals surface area contributed by atoms with E-state index in [1.54, 1.807) is 0 Å². The zero-order valence-corrected chi connectivity index (χ0v) is 17.7. The number of anilines is 1. The molecular formula is C21H27N3O4S. The highest BCUT2D eigenvalue weighted by Gasteiger charge is 2.28.